The van der Waals surface area contributed by atoms with Gasteiger partial charge in [0.25, 0.3) is 5.56 Å². The molecule has 3 aromatic rings. The summed E-state index contributed by atoms with van der Waals surface area (Å²) in [5, 5.41) is 2.99. The average Bonchev–Trinajstić information content (AvgIpc) is 2.52. The maximum atomic E-state index is 12.5. The van der Waals surface area contributed by atoms with Crippen LogP contribution in [0.5, 0.6) is 0 Å². The first-order valence-corrected chi connectivity index (χ1v) is 8.91. The van der Waals surface area contributed by atoms with Gasteiger partial charge >= 0.3 is 0 Å². The maximum Gasteiger partial charge on any atom is 0.254 e. The number of nitrogens with zero attached hydrogens (tertiary/aromatic N) is 2. The monoisotopic (exact) mass is 354 g/mol. The van der Waals surface area contributed by atoms with E-state index in [-0.39, 0.29) is 11.1 Å². The van der Waals surface area contributed by atoms with Crippen LogP contribution in [0.2, 0.25) is 5.02 Å². The molecule has 0 aliphatic heterocycles. The molecule has 0 saturated heterocycles. The number of rotatable bonds is 3. The Labute approximate surface area is 153 Å². The number of fused-ring (bicyclic) bond motifs is 1. The standard InChI is InChI=1S/C21H23ClN2O/c1-14-13-20(25)24(21(2,3)4)19(23-14)12-10-15-9-11-18(22)17-8-6-5-7-16(15)17/h5-9,11,13H,10,12H2,1-4H3. The summed E-state index contributed by atoms with van der Waals surface area (Å²) >= 11 is 6.32. The Hall–Kier alpha value is -2.13. The lowest BCUT2D eigenvalue weighted by Gasteiger charge is -2.25. The number of hydrogen-bond acceptors (Lipinski definition) is 2. The largest absolute Gasteiger partial charge is 0.291 e. The molecule has 4 heteroatoms. The van der Waals surface area contributed by atoms with E-state index in [9.17, 15) is 4.79 Å². The first-order chi connectivity index (χ1) is 11.8. The molecule has 1 aromatic heterocycles. The van der Waals surface area contributed by atoms with E-state index in [1.54, 1.807) is 10.6 Å². The summed E-state index contributed by atoms with van der Waals surface area (Å²) in [6.07, 6.45) is 1.52. The third-order valence-corrected chi connectivity index (χ3v) is 4.70. The van der Waals surface area contributed by atoms with E-state index < -0.39 is 0 Å². The van der Waals surface area contributed by atoms with Crippen molar-refractivity contribution in [3.63, 3.8) is 0 Å². The Balaban J connectivity index is 2.01. The van der Waals surface area contributed by atoms with Crippen LogP contribution in [0.4, 0.5) is 0 Å². The van der Waals surface area contributed by atoms with Crippen LogP contribution >= 0.6 is 11.6 Å². The predicted molar refractivity (Wildman–Crippen MR) is 105 cm³/mol. The number of benzene rings is 2. The summed E-state index contributed by atoms with van der Waals surface area (Å²) < 4.78 is 1.80. The lowest BCUT2D eigenvalue weighted by atomic mass is 10.00. The minimum absolute atomic E-state index is 0.0102. The van der Waals surface area contributed by atoms with E-state index in [0.717, 1.165) is 33.7 Å². The molecule has 0 bridgehead atoms. The molecule has 130 valence electrons. The second kappa shape index (κ2) is 6.64. The second-order valence-electron chi connectivity index (χ2n) is 7.41. The van der Waals surface area contributed by atoms with E-state index in [0.29, 0.717) is 6.42 Å². The lowest BCUT2D eigenvalue weighted by molar-refractivity contribution is 0.362. The molecule has 3 nitrogen and oxygen atoms in total. The average molecular weight is 355 g/mol. The first kappa shape index (κ1) is 17.7. The molecule has 0 saturated carbocycles. The highest BCUT2D eigenvalue weighted by Crippen LogP contribution is 2.27. The van der Waals surface area contributed by atoms with Gasteiger partial charge in [-0.2, -0.15) is 0 Å². The molecule has 2 aromatic carbocycles. The van der Waals surface area contributed by atoms with Gasteiger partial charge in [-0.1, -0.05) is 41.9 Å². The number of aryl methyl sites for hydroxylation is 3. The molecular formula is C21H23ClN2O. The molecular weight excluding hydrogens is 332 g/mol. The van der Waals surface area contributed by atoms with Gasteiger partial charge in [-0.15, -0.1) is 0 Å². The van der Waals surface area contributed by atoms with Gasteiger partial charge in [0.2, 0.25) is 0 Å². The van der Waals surface area contributed by atoms with Crippen LogP contribution in [0, 0.1) is 6.92 Å². The second-order valence-corrected chi connectivity index (χ2v) is 7.82. The molecule has 0 radical (unpaired) electrons. The van der Waals surface area contributed by atoms with Crippen molar-refractivity contribution in [2.75, 3.05) is 0 Å². The SMILES string of the molecule is Cc1cc(=O)n(C(C)(C)C)c(CCc2ccc(Cl)c3ccccc23)n1. The predicted octanol–water partition coefficient (Wildman–Crippen LogP) is 4.90. The Morgan fingerprint density at radius 3 is 2.40 bits per heavy atom. The Morgan fingerprint density at radius 2 is 1.72 bits per heavy atom. The molecule has 0 N–H and O–H groups in total. The number of halogens is 1. The molecule has 0 atom stereocenters. The van der Waals surface area contributed by atoms with Gasteiger partial charge in [-0.05, 0) is 51.1 Å². The zero-order chi connectivity index (χ0) is 18.2. The van der Waals surface area contributed by atoms with Crippen molar-refractivity contribution in [1.29, 1.82) is 0 Å². The molecule has 0 unspecified atom stereocenters. The van der Waals surface area contributed by atoms with Gasteiger partial charge in [0.1, 0.15) is 5.82 Å². The van der Waals surface area contributed by atoms with Crippen LogP contribution in [-0.4, -0.2) is 9.55 Å². The van der Waals surface area contributed by atoms with Crippen LogP contribution in [0.3, 0.4) is 0 Å². The van der Waals surface area contributed by atoms with E-state index in [2.05, 4.69) is 17.1 Å². The normalized spacial score (nSPS) is 11.9. The van der Waals surface area contributed by atoms with Gasteiger partial charge in [0, 0.05) is 34.1 Å². The van der Waals surface area contributed by atoms with E-state index >= 15 is 0 Å². The zero-order valence-corrected chi connectivity index (χ0v) is 15.9. The van der Waals surface area contributed by atoms with Crippen molar-refractivity contribution in [2.45, 2.75) is 46.1 Å². The van der Waals surface area contributed by atoms with Crippen LogP contribution in [-0.2, 0) is 18.4 Å². The number of hydrogen-bond donors (Lipinski definition) is 0. The summed E-state index contributed by atoms with van der Waals surface area (Å²) in [6, 6.07) is 13.8. The first-order valence-electron chi connectivity index (χ1n) is 8.53. The minimum Gasteiger partial charge on any atom is -0.291 e. The fourth-order valence-electron chi connectivity index (χ4n) is 3.33. The molecule has 0 amide bonds. The van der Waals surface area contributed by atoms with Crippen LogP contribution in [0.25, 0.3) is 10.8 Å². The Kier molecular flexibility index (Phi) is 4.70. The summed E-state index contributed by atoms with van der Waals surface area (Å²) in [4.78, 5) is 17.1. The maximum absolute atomic E-state index is 12.5. The fraction of sp³-hybridized carbons (Fsp3) is 0.333. The van der Waals surface area contributed by atoms with Gasteiger partial charge in [-0.25, -0.2) is 4.98 Å². The van der Waals surface area contributed by atoms with Gasteiger partial charge in [-0.3, -0.25) is 9.36 Å². The molecule has 1 heterocycles. The highest BCUT2D eigenvalue weighted by Gasteiger charge is 2.20. The van der Waals surface area contributed by atoms with Crippen LogP contribution in [0.1, 0.15) is 37.9 Å². The summed E-state index contributed by atoms with van der Waals surface area (Å²) in [7, 11) is 0. The Morgan fingerprint density at radius 1 is 1.04 bits per heavy atom. The molecule has 3 rings (SSSR count). The van der Waals surface area contributed by atoms with Gasteiger partial charge in [0.05, 0.1) is 0 Å². The highest BCUT2D eigenvalue weighted by molar-refractivity contribution is 6.35. The van der Waals surface area contributed by atoms with Gasteiger partial charge in [0.15, 0.2) is 0 Å². The van der Waals surface area contributed by atoms with Crippen molar-refractivity contribution >= 4 is 22.4 Å². The van der Waals surface area contributed by atoms with E-state index in [1.165, 1.54) is 5.56 Å². The van der Waals surface area contributed by atoms with Crippen molar-refractivity contribution in [1.82, 2.24) is 9.55 Å². The third kappa shape index (κ3) is 3.62. The van der Waals surface area contributed by atoms with E-state index in [4.69, 9.17) is 11.6 Å². The smallest absolute Gasteiger partial charge is 0.254 e. The van der Waals surface area contributed by atoms with E-state index in [1.807, 2.05) is 52.0 Å². The molecule has 0 aliphatic carbocycles. The zero-order valence-electron chi connectivity index (χ0n) is 15.1. The fourth-order valence-corrected chi connectivity index (χ4v) is 3.56. The summed E-state index contributed by atoms with van der Waals surface area (Å²) in [6.45, 7) is 7.97. The van der Waals surface area contributed by atoms with Crippen molar-refractivity contribution in [2.24, 2.45) is 0 Å². The van der Waals surface area contributed by atoms with Crippen molar-refractivity contribution in [3.8, 4) is 0 Å². The molecule has 0 aliphatic rings. The van der Waals surface area contributed by atoms with Crippen LogP contribution in [0.15, 0.2) is 47.3 Å². The molecule has 0 fully saturated rings. The van der Waals surface area contributed by atoms with Crippen molar-refractivity contribution < 1.29 is 0 Å². The Bertz CT molecular complexity index is 983. The van der Waals surface area contributed by atoms with Crippen LogP contribution < -0.4 is 5.56 Å². The lowest BCUT2D eigenvalue weighted by Crippen LogP contribution is -2.37. The summed E-state index contributed by atoms with van der Waals surface area (Å²) in [5.74, 6) is 0.830. The number of aromatic nitrogens is 2. The van der Waals surface area contributed by atoms with Crippen molar-refractivity contribution in [3.05, 3.63) is 74.9 Å². The quantitative estimate of drug-likeness (QED) is 0.670. The third-order valence-electron chi connectivity index (χ3n) is 4.37. The molecule has 25 heavy (non-hydrogen) atoms. The summed E-state index contributed by atoms with van der Waals surface area (Å²) in [5.41, 5.74) is 1.70. The van der Waals surface area contributed by atoms with Gasteiger partial charge < -0.3 is 0 Å². The topological polar surface area (TPSA) is 34.9 Å². The molecule has 0 spiro atoms. The minimum atomic E-state index is -0.296. The highest BCUT2D eigenvalue weighted by atomic mass is 35.5.